The van der Waals surface area contributed by atoms with Crippen LogP contribution in [0.4, 0.5) is 9.18 Å². The SMILES string of the molecule is CCOc1cc(/C=C2/SC(=O)N(Cc3ccccc3F)C2=O)cc(I)c1OCc1cccc2ccccc12. The molecule has 4 aromatic rings. The van der Waals surface area contributed by atoms with Gasteiger partial charge in [-0.25, -0.2) is 4.39 Å². The summed E-state index contributed by atoms with van der Waals surface area (Å²) in [5.41, 5.74) is 2.05. The van der Waals surface area contributed by atoms with Crippen molar-refractivity contribution in [2.24, 2.45) is 0 Å². The van der Waals surface area contributed by atoms with E-state index in [4.69, 9.17) is 9.47 Å². The van der Waals surface area contributed by atoms with Gasteiger partial charge in [-0.3, -0.25) is 14.5 Å². The van der Waals surface area contributed by atoms with Crippen molar-refractivity contribution in [1.29, 1.82) is 0 Å². The molecule has 1 aliphatic rings. The quantitative estimate of drug-likeness (QED) is 0.146. The number of amides is 2. The van der Waals surface area contributed by atoms with Gasteiger partial charge in [-0.05, 0) is 87.5 Å². The predicted molar refractivity (Wildman–Crippen MR) is 157 cm³/mol. The van der Waals surface area contributed by atoms with Crippen LogP contribution in [-0.4, -0.2) is 22.7 Å². The molecule has 1 saturated heterocycles. The normalized spacial score (nSPS) is 14.5. The number of thioether (sulfide) groups is 1. The largest absolute Gasteiger partial charge is 0.490 e. The van der Waals surface area contributed by atoms with Crippen molar-refractivity contribution in [3.05, 3.63) is 110 Å². The second-order valence-corrected chi connectivity index (χ2v) is 10.7. The Labute approximate surface area is 237 Å². The van der Waals surface area contributed by atoms with Gasteiger partial charge in [-0.15, -0.1) is 0 Å². The molecule has 0 bridgehead atoms. The third kappa shape index (κ3) is 5.56. The maximum atomic E-state index is 14.1. The minimum Gasteiger partial charge on any atom is -0.490 e. The Morgan fingerprint density at radius 3 is 2.50 bits per heavy atom. The second kappa shape index (κ2) is 11.6. The van der Waals surface area contributed by atoms with E-state index in [1.54, 1.807) is 30.3 Å². The number of ether oxygens (including phenoxy) is 2. The highest BCUT2D eigenvalue weighted by Gasteiger charge is 2.35. The molecular formula is C30H23FINO4S. The van der Waals surface area contributed by atoms with Crippen molar-refractivity contribution in [2.75, 3.05) is 6.61 Å². The van der Waals surface area contributed by atoms with Crippen LogP contribution in [0.5, 0.6) is 11.5 Å². The molecule has 1 fully saturated rings. The van der Waals surface area contributed by atoms with Gasteiger partial charge in [0, 0.05) is 5.56 Å². The van der Waals surface area contributed by atoms with E-state index in [1.165, 1.54) is 6.07 Å². The van der Waals surface area contributed by atoms with E-state index in [0.717, 1.165) is 36.6 Å². The highest BCUT2D eigenvalue weighted by Crippen LogP contribution is 2.38. The van der Waals surface area contributed by atoms with Gasteiger partial charge in [0.15, 0.2) is 11.5 Å². The van der Waals surface area contributed by atoms with E-state index in [0.29, 0.717) is 30.3 Å². The predicted octanol–water partition coefficient (Wildman–Crippen LogP) is 7.80. The Morgan fingerprint density at radius 1 is 0.947 bits per heavy atom. The molecular weight excluding hydrogens is 616 g/mol. The molecule has 1 heterocycles. The van der Waals surface area contributed by atoms with Crippen LogP contribution in [0.2, 0.25) is 0 Å². The van der Waals surface area contributed by atoms with E-state index < -0.39 is 17.0 Å². The van der Waals surface area contributed by atoms with E-state index in [-0.39, 0.29) is 17.0 Å². The monoisotopic (exact) mass is 639 g/mol. The third-order valence-corrected chi connectivity index (χ3v) is 7.75. The Hall–Kier alpha value is -3.37. The Kier molecular flexibility index (Phi) is 7.99. The fourth-order valence-corrected chi connectivity index (χ4v) is 5.85. The Balaban J connectivity index is 1.39. The summed E-state index contributed by atoms with van der Waals surface area (Å²) in [4.78, 5) is 26.9. The Bertz CT molecular complexity index is 1570. The van der Waals surface area contributed by atoms with Crippen LogP contribution in [0.3, 0.4) is 0 Å². The summed E-state index contributed by atoms with van der Waals surface area (Å²) in [6, 6.07) is 24.1. The number of fused-ring (bicyclic) bond motifs is 1. The summed E-state index contributed by atoms with van der Waals surface area (Å²) in [5, 5.41) is 1.84. The second-order valence-electron chi connectivity index (χ2n) is 8.55. The van der Waals surface area contributed by atoms with Crippen molar-refractivity contribution in [1.82, 2.24) is 4.90 Å². The molecule has 0 atom stereocenters. The Morgan fingerprint density at radius 2 is 1.68 bits per heavy atom. The molecule has 1 aliphatic heterocycles. The zero-order valence-electron chi connectivity index (χ0n) is 20.4. The molecule has 38 heavy (non-hydrogen) atoms. The highest BCUT2D eigenvalue weighted by molar-refractivity contribution is 14.1. The third-order valence-electron chi connectivity index (χ3n) is 6.04. The van der Waals surface area contributed by atoms with E-state index in [9.17, 15) is 14.0 Å². The number of carbonyl (C=O) groups is 2. The summed E-state index contributed by atoms with van der Waals surface area (Å²) >= 11 is 3.03. The number of imide groups is 1. The maximum Gasteiger partial charge on any atom is 0.293 e. The maximum absolute atomic E-state index is 14.1. The average Bonchev–Trinajstić information content (AvgIpc) is 3.17. The molecule has 0 spiro atoms. The number of hydrogen-bond donors (Lipinski definition) is 0. The van der Waals surface area contributed by atoms with E-state index in [2.05, 4.69) is 40.8 Å². The summed E-state index contributed by atoms with van der Waals surface area (Å²) in [6.45, 7) is 2.58. The molecule has 4 aromatic carbocycles. The van der Waals surface area contributed by atoms with E-state index >= 15 is 0 Å². The first kappa shape index (κ1) is 26.2. The fraction of sp³-hybridized carbons (Fsp3) is 0.133. The molecule has 5 rings (SSSR count). The van der Waals surface area contributed by atoms with Crippen molar-refractivity contribution in [3.8, 4) is 11.5 Å². The van der Waals surface area contributed by atoms with Crippen molar-refractivity contribution in [3.63, 3.8) is 0 Å². The standard InChI is InChI=1S/C30H23FINO4S/c1-2-36-26-15-19(16-27-29(34)33(30(35)38-27)17-21-9-4-6-13-24(21)31)14-25(32)28(26)37-18-22-11-7-10-20-8-3-5-12-23(20)22/h3-16H,2,17-18H2,1H3/b27-16+. The number of carbonyl (C=O) groups excluding carboxylic acids is 2. The minimum absolute atomic E-state index is 0.114. The van der Waals surface area contributed by atoms with Crippen LogP contribution in [0, 0.1) is 9.39 Å². The van der Waals surface area contributed by atoms with Crippen molar-refractivity contribution < 1.29 is 23.5 Å². The number of nitrogens with zero attached hydrogens (tertiary/aromatic N) is 1. The molecule has 0 aliphatic carbocycles. The number of halogens is 2. The van der Waals surface area contributed by atoms with Gasteiger partial charge in [-0.1, -0.05) is 60.7 Å². The molecule has 0 N–H and O–H groups in total. The van der Waals surface area contributed by atoms with Crippen LogP contribution >= 0.6 is 34.4 Å². The molecule has 8 heteroatoms. The zero-order valence-corrected chi connectivity index (χ0v) is 23.4. The lowest BCUT2D eigenvalue weighted by Crippen LogP contribution is -2.27. The summed E-state index contributed by atoms with van der Waals surface area (Å²) in [7, 11) is 0. The van der Waals surface area contributed by atoms with Gasteiger partial charge >= 0.3 is 0 Å². The number of rotatable bonds is 8. The first-order valence-corrected chi connectivity index (χ1v) is 13.9. The van der Waals surface area contributed by atoms with Crippen LogP contribution in [0.15, 0.2) is 83.8 Å². The molecule has 192 valence electrons. The lowest BCUT2D eigenvalue weighted by Gasteiger charge is -2.16. The highest BCUT2D eigenvalue weighted by atomic mass is 127. The number of benzene rings is 4. The summed E-state index contributed by atoms with van der Waals surface area (Å²) < 4.78 is 27.0. The minimum atomic E-state index is -0.453. The van der Waals surface area contributed by atoms with Gasteiger partial charge in [0.05, 0.1) is 21.6 Å². The molecule has 2 amide bonds. The summed E-state index contributed by atoms with van der Waals surface area (Å²) in [5.74, 6) is 0.264. The molecule has 5 nitrogen and oxygen atoms in total. The van der Waals surface area contributed by atoms with Crippen LogP contribution < -0.4 is 9.47 Å². The van der Waals surface area contributed by atoms with Gasteiger partial charge in [0.25, 0.3) is 11.1 Å². The van der Waals surface area contributed by atoms with Gasteiger partial charge in [-0.2, -0.15) is 0 Å². The van der Waals surface area contributed by atoms with E-state index in [1.807, 2.05) is 37.3 Å². The average molecular weight is 639 g/mol. The topological polar surface area (TPSA) is 55.8 Å². The zero-order chi connectivity index (χ0) is 26.6. The van der Waals surface area contributed by atoms with Gasteiger partial charge in [0.1, 0.15) is 12.4 Å². The number of hydrogen-bond acceptors (Lipinski definition) is 5. The fourth-order valence-electron chi connectivity index (χ4n) is 4.23. The van der Waals surface area contributed by atoms with Gasteiger partial charge in [0.2, 0.25) is 0 Å². The van der Waals surface area contributed by atoms with Crippen LogP contribution in [0.1, 0.15) is 23.6 Å². The van der Waals surface area contributed by atoms with Gasteiger partial charge < -0.3 is 9.47 Å². The summed E-state index contributed by atoms with van der Waals surface area (Å²) in [6.07, 6.45) is 1.66. The first-order chi connectivity index (χ1) is 18.4. The first-order valence-electron chi connectivity index (χ1n) is 12.0. The van der Waals surface area contributed by atoms with Crippen molar-refractivity contribution >= 4 is 62.3 Å². The molecule has 0 radical (unpaired) electrons. The lowest BCUT2D eigenvalue weighted by atomic mass is 10.1. The van der Waals surface area contributed by atoms with Crippen LogP contribution in [0.25, 0.3) is 16.8 Å². The lowest BCUT2D eigenvalue weighted by molar-refractivity contribution is -0.123. The van der Waals surface area contributed by atoms with Crippen molar-refractivity contribution in [2.45, 2.75) is 20.1 Å². The smallest absolute Gasteiger partial charge is 0.293 e. The molecule has 0 unspecified atom stereocenters. The van der Waals surface area contributed by atoms with Crippen LogP contribution in [-0.2, 0) is 17.9 Å². The molecule has 0 aromatic heterocycles. The molecule has 0 saturated carbocycles.